The third-order valence-corrected chi connectivity index (χ3v) is 3.90. The zero-order valence-corrected chi connectivity index (χ0v) is 10.9. The third kappa shape index (κ3) is 1.74. The quantitative estimate of drug-likeness (QED) is 0.703. The predicted molar refractivity (Wildman–Crippen MR) is 70.1 cm³/mol. The summed E-state index contributed by atoms with van der Waals surface area (Å²) in [4.78, 5) is 17.7. The summed E-state index contributed by atoms with van der Waals surface area (Å²) in [5.41, 5.74) is 1.55. The molecular formula is C12H12N4OS. The summed E-state index contributed by atoms with van der Waals surface area (Å²) in [7, 11) is 0. The lowest BCUT2D eigenvalue weighted by molar-refractivity contribution is 0.655. The highest BCUT2D eigenvalue weighted by molar-refractivity contribution is 7.11. The van der Waals surface area contributed by atoms with Crippen LogP contribution in [0.1, 0.15) is 15.6 Å². The lowest BCUT2D eigenvalue weighted by Gasteiger charge is -1.93. The van der Waals surface area contributed by atoms with E-state index in [4.69, 9.17) is 0 Å². The Morgan fingerprint density at radius 1 is 1.33 bits per heavy atom. The molecule has 0 bridgehead atoms. The van der Waals surface area contributed by atoms with Crippen LogP contribution >= 0.6 is 11.3 Å². The van der Waals surface area contributed by atoms with Gasteiger partial charge in [-0.3, -0.25) is 4.40 Å². The highest BCUT2D eigenvalue weighted by Crippen LogP contribution is 2.16. The Morgan fingerprint density at radius 2 is 2.17 bits per heavy atom. The van der Waals surface area contributed by atoms with Crippen LogP contribution in [0.3, 0.4) is 0 Å². The number of hydrogen-bond donors (Lipinski definition) is 0. The number of hydrogen-bond acceptors (Lipinski definition) is 4. The van der Waals surface area contributed by atoms with Gasteiger partial charge in [-0.05, 0) is 26.0 Å². The molecule has 0 N–H and O–H groups in total. The van der Waals surface area contributed by atoms with Gasteiger partial charge < -0.3 is 0 Å². The summed E-state index contributed by atoms with van der Waals surface area (Å²) in [5, 5.41) is 5.19. The monoisotopic (exact) mass is 260 g/mol. The molecule has 0 aliphatic heterocycles. The summed E-state index contributed by atoms with van der Waals surface area (Å²) in [6.45, 7) is 4.44. The van der Waals surface area contributed by atoms with Gasteiger partial charge in [-0.15, -0.1) is 16.4 Å². The maximum absolute atomic E-state index is 12.1. The second-order valence-electron chi connectivity index (χ2n) is 4.12. The zero-order chi connectivity index (χ0) is 12.7. The smallest absolute Gasteiger partial charge is 0.250 e. The minimum atomic E-state index is -0.129. The van der Waals surface area contributed by atoms with E-state index in [-0.39, 0.29) is 5.69 Å². The standard InChI is InChI=1S/C12H12N4OS/c1-8-9(2)18-11(13-8)7-16-12(17)15-6-4-3-5-10(15)14-16/h3-6H,7H2,1-2H3. The van der Waals surface area contributed by atoms with E-state index in [2.05, 4.69) is 10.1 Å². The maximum atomic E-state index is 12.1. The summed E-state index contributed by atoms with van der Waals surface area (Å²) >= 11 is 1.61. The van der Waals surface area contributed by atoms with Crippen LogP contribution in [-0.2, 0) is 6.54 Å². The van der Waals surface area contributed by atoms with Crippen molar-refractivity contribution in [3.05, 3.63) is 50.5 Å². The van der Waals surface area contributed by atoms with Crippen molar-refractivity contribution in [2.45, 2.75) is 20.4 Å². The highest BCUT2D eigenvalue weighted by Gasteiger charge is 2.09. The summed E-state index contributed by atoms with van der Waals surface area (Å²) in [6, 6.07) is 5.50. The fraction of sp³-hybridized carbons (Fsp3) is 0.250. The number of fused-ring (bicyclic) bond motifs is 1. The van der Waals surface area contributed by atoms with E-state index in [1.54, 1.807) is 17.5 Å². The lowest BCUT2D eigenvalue weighted by Crippen LogP contribution is -2.21. The van der Waals surface area contributed by atoms with Crippen LogP contribution in [0.5, 0.6) is 0 Å². The van der Waals surface area contributed by atoms with Gasteiger partial charge in [0.15, 0.2) is 5.65 Å². The molecule has 0 aliphatic carbocycles. The Labute approximate surface area is 107 Å². The minimum absolute atomic E-state index is 0.129. The molecule has 0 unspecified atom stereocenters. The SMILES string of the molecule is Cc1nc(Cn2nc3ccccn3c2=O)sc1C. The minimum Gasteiger partial charge on any atom is -0.250 e. The molecule has 18 heavy (non-hydrogen) atoms. The van der Waals surface area contributed by atoms with Gasteiger partial charge in [0.25, 0.3) is 0 Å². The van der Waals surface area contributed by atoms with Gasteiger partial charge in [0.05, 0.1) is 12.2 Å². The number of pyridine rings is 1. The highest BCUT2D eigenvalue weighted by atomic mass is 32.1. The molecule has 3 rings (SSSR count). The van der Waals surface area contributed by atoms with Crippen molar-refractivity contribution >= 4 is 17.0 Å². The second-order valence-corrected chi connectivity index (χ2v) is 5.41. The van der Waals surface area contributed by atoms with Crippen LogP contribution in [0, 0.1) is 13.8 Å². The third-order valence-electron chi connectivity index (χ3n) is 2.85. The van der Waals surface area contributed by atoms with Gasteiger partial charge in [0.1, 0.15) is 5.01 Å². The van der Waals surface area contributed by atoms with E-state index in [0.717, 1.165) is 10.7 Å². The van der Waals surface area contributed by atoms with Crippen LogP contribution in [0.15, 0.2) is 29.2 Å². The summed E-state index contributed by atoms with van der Waals surface area (Å²) in [5.74, 6) is 0. The topological polar surface area (TPSA) is 52.2 Å². The molecule has 3 aromatic heterocycles. The van der Waals surface area contributed by atoms with Gasteiger partial charge in [-0.2, -0.15) is 0 Å². The molecule has 0 saturated heterocycles. The van der Waals surface area contributed by atoms with Crippen molar-refractivity contribution in [2.24, 2.45) is 0 Å². The average molecular weight is 260 g/mol. The first-order chi connectivity index (χ1) is 8.65. The second kappa shape index (κ2) is 4.06. The fourth-order valence-electron chi connectivity index (χ4n) is 1.81. The number of nitrogens with zero attached hydrogens (tertiary/aromatic N) is 4. The predicted octanol–water partition coefficient (Wildman–Crippen LogP) is 1.62. The van der Waals surface area contributed by atoms with Gasteiger partial charge in [-0.25, -0.2) is 14.5 Å². The molecule has 6 heteroatoms. The Bertz CT molecular complexity index is 748. The van der Waals surface area contributed by atoms with Gasteiger partial charge in [-0.1, -0.05) is 6.07 Å². The molecule has 0 fully saturated rings. The molecule has 3 heterocycles. The molecule has 5 nitrogen and oxygen atoms in total. The molecule has 0 amide bonds. The van der Waals surface area contributed by atoms with Crippen molar-refractivity contribution in [1.82, 2.24) is 19.2 Å². The lowest BCUT2D eigenvalue weighted by atomic mass is 10.4. The summed E-state index contributed by atoms with van der Waals surface area (Å²) < 4.78 is 2.99. The first-order valence-electron chi connectivity index (χ1n) is 5.62. The van der Waals surface area contributed by atoms with Gasteiger partial charge >= 0.3 is 5.69 Å². The Hall–Kier alpha value is -1.95. The van der Waals surface area contributed by atoms with Gasteiger partial charge in [0, 0.05) is 11.1 Å². The van der Waals surface area contributed by atoms with Crippen molar-refractivity contribution in [1.29, 1.82) is 0 Å². The molecule has 92 valence electrons. The van der Waals surface area contributed by atoms with E-state index in [0.29, 0.717) is 12.2 Å². The fourth-order valence-corrected chi connectivity index (χ4v) is 2.72. The average Bonchev–Trinajstić information content (AvgIpc) is 2.83. The molecule has 0 spiro atoms. The number of rotatable bonds is 2. The Morgan fingerprint density at radius 3 is 2.83 bits per heavy atom. The first-order valence-corrected chi connectivity index (χ1v) is 6.44. The van der Waals surface area contributed by atoms with Crippen molar-refractivity contribution in [2.75, 3.05) is 0 Å². The number of thiazole rings is 1. The first kappa shape index (κ1) is 11.2. The Balaban J connectivity index is 2.05. The summed E-state index contributed by atoms with van der Waals surface area (Å²) in [6.07, 6.45) is 1.72. The van der Waals surface area contributed by atoms with Crippen LogP contribution in [-0.4, -0.2) is 19.2 Å². The molecule has 0 saturated carbocycles. The number of aryl methyl sites for hydroxylation is 2. The van der Waals surface area contributed by atoms with E-state index >= 15 is 0 Å². The number of aromatic nitrogens is 4. The van der Waals surface area contributed by atoms with Crippen molar-refractivity contribution < 1.29 is 0 Å². The largest absolute Gasteiger partial charge is 0.350 e. The normalized spacial score (nSPS) is 11.2. The van der Waals surface area contributed by atoms with Crippen LogP contribution in [0.25, 0.3) is 5.65 Å². The van der Waals surface area contributed by atoms with Crippen LogP contribution in [0.2, 0.25) is 0 Å². The van der Waals surface area contributed by atoms with Crippen LogP contribution < -0.4 is 5.69 Å². The molecule has 0 aliphatic rings. The van der Waals surface area contributed by atoms with Crippen molar-refractivity contribution in [3.8, 4) is 0 Å². The molecule has 3 aromatic rings. The Kier molecular flexibility index (Phi) is 2.52. The van der Waals surface area contributed by atoms with Crippen molar-refractivity contribution in [3.63, 3.8) is 0 Å². The molecule has 0 radical (unpaired) electrons. The zero-order valence-electron chi connectivity index (χ0n) is 10.1. The van der Waals surface area contributed by atoms with E-state index in [9.17, 15) is 4.79 Å². The molecular weight excluding hydrogens is 248 g/mol. The molecule has 0 aromatic carbocycles. The maximum Gasteiger partial charge on any atom is 0.350 e. The van der Waals surface area contributed by atoms with E-state index in [1.807, 2.05) is 32.0 Å². The van der Waals surface area contributed by atoms with E-state index < -0.39 is 0 Å². The molecule has 0 atom stereocenters. The van der Waals surface area contributed by atoms with Crippen LogP contribution in [0.4, 0.5) is 0 Å². The van der Waals surface area contributed by atoms with E-state index in [1.165, 1.54) is 14.0 Å². The van der Waals surface area contributed by atoms with Gasteiger partial charge in [0.2, 0.25) is 0 Å².